The minimum atomic E-state index is 0.284. The van der Waals surface area contributed by atoms with E-state index in [1.807, 2.05) is 0 Å². The molecule has 0 aliphatic rings. The molecular weight excluding hydrogens is 228 g/mol. The van der Waals surface area contributed by atoms with E-state index in [4.69, 9.17) is 9.68 Å². The smallest absolute Gasteiger partial charge is 0.0762 e. The van der Waals surface area contributed by atoms with Crippen molar-refractivity contribution in [1.29, 1.82) is 0 Å². The van der Waals surface area contributed by atoms with Crippen LogP contribution < -0.4 is 11.0 Å². The van der Waals surface area contributed by atoms with Crippen molar-refractivity contribution in [3.8, 4) is 0 Å². The highest BCUT2D eigenvalue weighted by atomic mass is 16.7. The summed E-state index contributed by atoms with van der Waals surface area (Å²) in [5, 5.41) is 0. The molecule has 0 spiro atoms. The normalized spacial score (nSPS) is 16.5. The Labute approximate surface area is 113 Å². The third-order valence-corrected chi connectivity index (χ3v) is 3.01. The summed E-state index contributed by atoms with van der Waals surface area (Å²) in [7, 11) is 0. The van der Waals surface area contributed by atoms with E-state index in [-0.39, 0.29) is 6.10 Å². The van der Waals surface area contributed by atoms with E-state index in [9.17, 15) is 0 Å². The SMILES string of the molecule is CCCC(C)ONC(C)CCNOCC(C)CC. The van der Waals surface area contributed by atoms with Crippen LogP contribution in [0.5, 0.6) is 0 Å². The summed E-state index contributed by atoms with van der Waals surface area (Å²) in [6.45, 7) is 12.4. The van der Waals surface area contributed by atoms with E-state index in [1.165, 1.54) is 0 Å². The van der Waals surface area contributed by atoms with Crippen LogP contribution in [-0.4, -0.2) is 25.3 Å². The van der Waals surface area contributed by atoms with Crippen molar-refractivity contribution in [3.05, 3.63) is 0 Å². The highest BCUT2D eigenvalue weighted by molar-refractivity contribution is 4.56. The van der Waals surface area contributed by atoms with Crippen LogP contribution in [0, 0.1) is 5.92 Å². The molecule has 0 bridgehead atoms. The summed E-state index contributed by atoms with van der Waals surface area (Å²) < 4.78 is 0. The Morgan fingerprint density at radius 1 is 1.06 bits per heavy atom. The number of hydrogen-bond donors (Lipinski definition) is 2. The summed E-state index contributed by atoms with van der Waals surface area (Å²) in [6.07, 6.45) is 4.67. The minimum absolute atomic E-state index is 0.284. The largest absolute Gasteiger partial charge is 0.302 e. The maximum absolute atomic E-state index is 5.54. The number of hydroxylamine groups is 2. The quantitative estimate of drug-likeness (QED) is 0.418. The van der Waals surface area contributed by atoms with Gasteiger partial charge < -0.3 is 4.84 Å². The lowest BCUT2D eigenvalue weighted by Crippen LogP contribution is -2.33. The molecule has 0 rings (SSSR count). The second kappa shape index (κ2) is 11.9. The first kappa shape index (κ1) is 17.8. The van der Waals surface area contributed by atoms with Gasteiger partial charge in [0.2, 0.25) is 0 Å². The molecule has 2 N–H and O–H groups in total. The maximum atomic E-state index is 5.54. The van der Waals surface area contributed by atoms with Crippen LogP contribution in [-0.2, 0) is 9.68 Å². The van der Waals surface area contributed by atoms with E-state index in [0.717, 1.165) is 38.8 Å². The van der Waals surface area contributed by atoms with Crippen molar-refractivity contribution in [2.45, 2.75) is 72.4 Å². The lowest BCUT2D eigenvalue weighted by molar-refractivity contribution is -0.0404. The fraction of sp³-hybridized carbons (Fsp3) is 1.00. The minimum Gasteiger partial charge on any atom is -0.302 e. The monoisotopic (exact) mass is 260 g/mol. The van der Waals surface area contributed by atoms with Gasteiger partial charge >= 0.3 is 0 Å². The zero-order chi connectivity index (χ0) is 13.8. The third kappa shape index (κ3) is 11.0. The molecule has 110 valence electrons. The van der Waals surface area contributed by atoms with Crippen LogP contribution in [0.1, 0.15) is 60.3 Å². The lowest BCUT2D eigenvalue weighted by atomic mass is 10.1. The molecule has 0 saturated carbocycles. The predicted octanol–water partition coefficient (Wildman–Crippen LogP) is 3.04. The molecule has 0 saturated heterocycles. The summed E-state index contributed by atoms with van der Waals surface area (Å²) >= 11 is 0. The fourth-order valence-corrected chi connectivity index (χ4v) is 1.42. The maximum Gasteiger partial charge on any atom is 0.0762 e. The van der Waals surface area contributed by atoms with Gasteiger partial charge in [0.1, 0.15) is 0 Å². The molecule has 0 amide bonds. The van der Waals surface area contributed by atoms with Crippen LogP contribution in [0.3, 0.4) is 0 Å². The van der Waals surface area contributed by atoms with Crippen LogP contribution in [0.15, 0.2) is 0 Å². The van der Waals surface area contributed by atoms with Crippen LogP contribution in [0.25, 0.3) is 0 Å². The molecule has 0 aliphatic carbocycles. The molecule has 0 heterocycles. The van der Waals surface area contributed by atoms with Gasteiger partial charge in [-0.15, -0.1) is 0 Å². The van der Waals surface area contributed by atoms with Gasteiger partial charge in [-0.2, -0.15) is 5.48 Å². The van der Waals surface area contributed by atoms with Gasteiger partial charge in [0.05, 0.1) is 12.7 Å². The van der Waals surface area contributed by atoms with Crippen molar-refractivity contribution < 1.29 is 9.68 Å². The van der Waals surface area contributed by atoms with Crippen molar-refractivity contribution in [1.82, 2.24) is 11.0 Å². The summed E-state index contributed by atoms with van der Waals surface area (Å²) in [6, 6.07) is 0.337. The topological polar surface area (TPSA) is 42.5 Å². The number of nitrogens with one attached hydrogen (secondary N) is 2. The van der Waals surface area contributed by atoms with E-state index in [0.29, 0.717) is 12.0 Å². The second-order valence-electron chi connectivity index (χ2n) is 5.24. The Balaban J connectivity index is 3.34. The first-order valence-corrected chi connectivity index (χ1v) is 7.35. The highest BCUT2D eigenvalue weighted by Crippen LogP contribution is 2.01. The van der Waals surface area contributed by atoms with Crippen molar-refractivity contribution in [2.75, 3.05) is 13.2 Å². The third-order valence-electron chi connectivity index (χ3n) is 3.01. The van der Waals surface area contributed by atoms with Gasteiger partial charge in [0.25, 0.3) is 0 Å². The Bertz CT molecular complexity index is 179. The summed E-state index contributed by atoms with van der Waals surface area (Å²) in [5.74, 6) is 0.617. The van der Waals surface area contributed by atoms with Gasteiger partial charge in [0, 0.05) is 12.6 Å². The van der Waals surface area contributed by atoms with Crippen molar-refractivity contribution in [2.24, 2.45) is 5.92 Å². The number of rotatable bonds is 12. The Hall–Kier alpha value is -0.160. The van der Waals surface area contributed by atoms with Gasteiger partial charge in [-0.25, -0.2) is 5.48 Å². The molecule has 0 aliphatic heterocycles. The highest BCUT2D eigenvalue weighted by Gasteiger charge is 2.05. The molecule has 0 aromatic heterocycles. The van der Waals surface area contributed by atoms with Gasteiger partial charge in [0.15, 0.2) is 0 Å². The molecule has 4 nitrogen and oxygen atoms in total. The average Bonchev–Trinajstić information content (AvgIpc) is 2.36. The standard InChI is InChI=1S/C14H32N2O2/c1-6-8-14(5)18-16-13(4)9-10-15-17-11-12(3)7-2/h12-16H,6-11H2,1-5H3. The van der Waals surface area contributed by atoms with Gasteiger partial charge in [-0.1, -0.05) is 33.6 Å². The Morgan fingerprint density at radius 2 is 1.78 bits per heavy atom. The first-order chi connectivity index (χ1) is 8.60. The summed E-state index contributed by atoms with van der Waals surface area (Å²) in [4.78, 5) is 10.9. The van der Waals surface area contributed by atoms with Gasteiger partial charge in [-0.3, -0.25) is 4.84 Å². The van der Waals surface area contributed by atoms with Crippen LogP contribution >= 0.6 is 0 Å². The first-order valence-electron chi connectivity index (χ1n) is 7.35. The lowest BCUT2D eigenvalue weighted by Gasteiger charge is -2.18. The van der Waals surface area contributed by atoms with Crippen molar-refractivity contribution in [3.63, 3.8) is 0 Å². The molecule has 3 atom stereocenters. The fourth-order valence-electron chi connectivity index (χ4n) is 1.42. The molecule has 0 aromatic rings. The predicted molar refractivity (Wildman–Crippen MR) is 76.1 cm³/mol. The Morgan fingerprint density at radius 3 is 2.39 bits per heavy atom. The number of hydrogen-bond acceptors (Lipinski definition) is 4. The van der Waals surface area contributed by atoms with Crippen LogP contribution in [0.2, 0.25) is 0 Å². The second-order valence-corrected chi connectivity index (χ2v) is 5.24. The zero-order valence-electron chi connectivity index (χ0n) is 12.8. The van der Waals surface area contributed by atoms with Gasteiger partial charge in [-0.05, 0) is 32.6 Å². The summed E-state index contributed by atoms with van der Waals surface area (Å²) in [5.41, 5.74) is 6.08. The van der Waals surface area contributed by atoms with E-state index < -0.39 is 0 Å². The molecular formula is C14H32N2O2. The molecule has 3 unspecified atom stereocenters. The molecule has 0 radical (unpaired) electrons. The van der Waals surface area contributed by atoms with E-state index in [2.05, 4.69) is 45.6 Å². The van der Waals surface area contributed by atoms with E-state index >= 15 is 0 Å². The molecule has 0 aromatic carbocycles. The zero-order valence-corrected chi connectivity index (χ0v) is 12.8. The molecule has 18 heavy (non-hydrogen) atoms. The van der Waals surface area contributed by atoms with Crippen molar-refractivity contribution >= 4 is 0 Å². The average molecular weight is 260 g/mol. The molecule has 4 heteroatoms. The van der Waals surface area contributed by atoms with E-state index in [1.54, 1.807) is 0 Å². The Kier molecular flexibility index (Phi) is 11.8. The molecule has 0 fully saturated rings. The van der Waals surface area contributed by atoms with Crippen LogP contribution in [0.4, 0.5) is 0 Å².